The van der Waals surface area contributed by atoms with Gasteiger partial charge in [-0.3, -0.25) is 19.2 Å². The second-order valence-electron chi connectivity index (χ2n) is 13.5. The van der Waals surface area contributed by atoms with Gasteiger partial charge in [-0.1, -0.05) is 91.5 Å². The third-order valence-corrected chi connectivity index (χ3v) is 11.1. The topological polar surface area (TPSA) is 125 Å². The summed E-state index contributed by atoms with van der Waals surface area (Å²) >= 11 is 3.63. The molecule has 46 heavy (non-hydrogen) atoms. The minimum absolute atomic E-state index is 0.0197. The highest BCUT2D eigenvalue weighted by atomic mass is 79.9. The summed E-state index contributed by atoms with van der Waals surface area (Å²) in [5.74, 6) is -3.49. The molecule has 5 bridgehead atoms. The van der Waals surface area contributed by atoms with E-state index in [1.54, 1.807) is 0 Å². The molecule has 1 saturated carbocycles. The Kier molecular flexibility index (Phi) is 9.73. The number of allylic oxidation sites excluding steroid dienone is 1. The highest BCUT2D eigenvalue weighted by Crippen LogP contribution is 2.59. The summed E-state index contributed by atoms with van der Waals surface area (Å²) in [5, 5.41) is 13.7. The maximum Gasteiger partial charge on any atom is 0.306 e. The molecule has 1 aliphatic carbocycles. The summed E-state index contributed by atoms with van der Waals surface area (Å²) in [6, 6.07) is 6.88. The SMILES string of the molecule is CC(C)[C@H](CO)N1C(=O)[C@@H]2[C@H]3C(=O)N[C@@H](c4ccccc4)COC(=O)CC/C=C\CN(C4CCCCC4)C(=O)[C@@H]1[C@]21C=C(Br)[C@H]3O1. The van der Waals surface area contributed by atoms with Crippen LogP contribution in [0.4, 0.5) is 0 Å². The number of carbonyl (C=O) groups excluding carboxylic acids is 4. The van der Waals surface area contributed by atoms with E-state index in [4.69, 9.17) is 9.47 Å². The van der Waals surface area contributed by atoms with Crippen LogP contribution in [0.15, 0.2) is 53.0 Å². The number of rotatable bonds is 5. The van der Waals surface area contributed by atoms with E-state index in [-0.39, 0.29) is 49.4 Å². The fourth-order valence-electron chi connectivity index (χ4n) is 8.11. The number of likely N-dealkylation sites (tertiary alicyclic amines) is 1. The molecule has 2 N–H and O–H groups in total. The van der Waals surface area contributed by atoms with Crippen molar-refractivity contribution < 1.29 is 33.8 Å². The van der Waals surface area contributed by atoms with Gasteiger partial charge in [0.15, 0.2) is 0 Å². The van der Waals surface area contributed by atoms with Crippen LogP contribution in [0.3, 0.4) is 0 Å². The van der Waals surface area contributed by atoms with Gasteiger partial charge in [-0.05, 0) is 36.8 Å². The molecule has 0 radical (unpaired) electrons. The van der Waals surface area contributed by atoms with Gasteiger partial charge in [-0.15, -0.1) is 0 Å². The molecule has 10 nitrogen and oxygen atoms in total. The lowest BCUT2D eigenvalue weighted by Gasteiger charge is -2.42. The van der Waals surface area contributed by atoms with E-state index in [0.717, 1.165) is 37.7 Å². The van der Waals surface area contributed by atoms with Gasteiger partial charge in [0.1, 0.15) is 24.4 Å². The van der Waals surface area contributed by atoms with Crippen molar-refractivity contribution >= 4 is 39.6 Å². The molecule has 11 heteroatoms. The zero-order valence-electron chi connectivity index (χ0n) is 26.5. The number of halogens is 1. The largest absolute Gasteiger partial charge is 0.463 e. The maximum absolute atomic E-state index is 15.0. The lowest BCUT2D eigenvalue weighted by molar-refractivity contribution is -0.153. The van der Waals surface area contributed by atoms with Crippen molar-refractivity contribution in [2.24, 2.45) is 17.8 Å². The Bertz CT molecular complexity index is 1390. The predicted molar refractivity (Wildman–Crippen MR) is 173 cm³/mol. The number of hydrogen-bond donors (Lipinski definition) is 2. The second-order valence-corrected chi connectivity index (χ2v) is 14.4. The van der Waals surface area contributed by atoms with Gasteiger partial charge >= 0.3 is 5.97 Å². The van der Waals surface area contributed by atoms with Gasteiger partial charge < -0.3 is 29.7 Å². The van der Waals surface area contributed by atoms with Crippen LogP contribution in [0.2, 0.25) is 0 Å². The molecule has 6 rings (SSSR count). The van der Waals surface area contributed by atoms with Gasteiger partial charge in [0.25, 0.3) is 0 Å². The van der Waals surface area contributed by atoms with Crippen molar-refractivity contribution in [2.45, 2.75) is 94.7 Å². The van der Waals surface area contributed by atoms with Crippen LogP contribution in [-0.2, 0) is 28.7 Å². The van der Waals surface area contributed by atoms with E-state index in [1.807, 2.05) is 67.3 Å². The highest BCUT2D eigenvalue weighted by Gasteiger charge is 2.75. The molecule has 1 aromatic carbocycles. The third kappa shape index (κ3) is 5.83. The summed E-state index contributed by atoms with van der Waals surface area (Å²) in [6.07, 6.45) is 10.3. The van der Waals surface area contributed by atoms with E-state index >= 15 is 4.79 Å². The number of carbonyl (C=O) groups is 4. The quantitative estimate of drug-likeness (QED) is 0.354. The zero-order chi connectivity index (χ0) is 32.6. The first-order chi connectivity index (χ1) is 22.2. The number of esters is 1. The fraction of sp³-hybridized carbons (Fsp3) is 0.600. The fourth-order valence-corrected chi connectivity index (χ4v) is 8.85. The Morgan fingerprint density at radius 1 is 1.04 bits per heavy atom. The molecule has 3 fully saturated rings. The van der Waals surface area contributed by atoms with Gasteiger partial charge in [0.05, 0.1) is 30.5 Å². The van der Waals surface area contributed by atoms with Crippen LogP contribution < -0.4 is 5.32 Å². The van der Waals surface area contributed by atoms with Gasteiger partial charge in [0.2, 0.25) is 17.7 Å². The van der Waals surface area contributed by atoms with Crippen molar-refractivity contribution in [3.8, 4) is 0 Å². The number of ether oxygens (including phenoxy) is 2. The van der Waals surface area contributed by atoms with E-state index < -0.39 is 47.6 Å². The van der Waals surface area contributed by atoms with Crippen molar-refractivity contribution in [3.05, 3.63) is 58.6 Å². The number of aliphatic hydroxyl groups excluding tert-OH is 1. The standard InChI is InChI=1S/C35H44BrN3O7/c1-21(2)26(19-40)39-31-34(44)38(23-14-8-4-9-15-23)17-11-5-10-16-27(41)45-20-25(22-12-6-3-7-13-22)37-32(42)28-29(33(39)43)35(31)18-24(36)30(28)46-35/h3,5-7,11-13,18,21,23,25-26,28-31,40H,4,8-10,14-17,19-20H2,1-2H3,(H,37,42)/b11-5-/t25-,26+,28-,29+,30-,31-,35+/m1/s1. The third-order valence-electron chi connectivity index (χ3n) is 10.4. The van der Waals surface area contributed by atoms with Gasteiger partial charge in [-0.2, -0.15) is 0 Å². The highest BCUT2D eigenvalue weighted by molar-refractivity contribution is 9.11. The van der Waals surface area contributed by atoms with Crippen molar-refractivity contribution in [1.29, 1.82) is 0 Å². The molecule has 4 heterocycles. The zero-order valence-corrected chi connectivity index (χ0v) is 28.1. The molecule has 1 aromatic rings. The van der Waals surface area contributed by atoms with Crippen LogP contribution in [0.5, 0.6) is 0 Å². The smallest absolute Gasteiger partial charge is 0.306 e. The van der Waals surface area contributed by atoms with Crippen LogP contribution in [0.1, 0.15) is 70.4 Å². The van der Waals surface area contributed by atoms with Crippen LogP contribution in [-0.4, -0.2) is 88.2 Å². The van der Waals surface area contributed by atoms with Gasteiger partial charge in [0, 0.05) is 23.5 Å². The predicted octanol–water partition coefficient (Wildman–Crippen LogP) is 3.79. The van der Waals surface area contributed by atoms with Crippen LogP contribution in [0.25, 0.3) is 0 Å². The first-order valence-corrected chi connectivity index (χ1v) is 17.4. The van der Waals surface area contributed by atoms with E-state index in [0.29, 0.717) is 17.4 Å². The Morgan fingerprint density at radius 3 is 2.48 bits per heavy atom. The molecule has 7 atom stereocenters. The monoisotopic (exact) mass is 697 g/mol. The summed E-state index contributed by atoms with van der Waals surface area (Å²) in [4.78, 5) is 60.1. The Hall–Kier alpha value is -3.02. The summed E-state index contributed by atoms with van der Waals surface area (Å²) in [5.41, 5.74) is -0.632. The normalized spacial score (nSPS) is 33.9. The van der Waals surface area contributed by atoms with Crippen LogP contribution in [0, 0.1) is 17.8 Å². The molecule has 0 aromatic heterocycles. The van der Waals surface area contributed by atoms with E-state index in [9.17, 15) is 19.5 Å². The number of aliphatic hydroxyl groups is 1. The molecular weight excluding hydrogens is 654 g/mol. The molecule has 248 valence electrons. The molecule has 5 aliphatic rings. The van der Waals surface area contributed by atoms with Crippen molar-refractivity contribution in [1.82, 2.24) is 15.1 Å². The van der Waals surface area contributed by atoms with Crippen molar-refractivity contribution in [2.75, 3.05) is 19.8 Å². The summed E-state index contributed by atoms with van der Waals surface area (Å²) in [7, 11) is 0. The molecule has 1 spiro atoms. The number of benzene rings is 1. The molecular formula is C35H44BrN3O7. The average Bonchev–Trinajstić information content (AvgIpc) is 3.64. The Morgan fingerprint density at radius 2 is 1.78 bits per heavy atom. The summed E-state index contributed by atoms with van der Waals surface area (Å²) < 4.78 is 12.9. The first-order valence-electron chi connectivity index (χ1n) is 16.6. The number of cyclic esters (lactones) is 1. The number of nitrogens with one attached hydrogen (secondary N) is 1. The summed E-state index contributed by atoms with van der Waals surface area (Å²) in [6.45, 7) is 3.76. The van der Waals surface area contributed by atoms with Gasteiger partial charge in [-0.25, -0.2) is 0 Å². The second kappa shape index (κ2) is 13.6. The number of fused-ring (bicyclic) bond motifs is 2. The minimum atomic E-state index is -1.39. The number of hydrogen-bond acceptors (Lipinski definition) is 7. The average molecular weight is 699 g/mol. The molecule has 4 aliphatic heterocycles. The molecule has 3 amide bonds. The van der Waals surface area contributed by atoms with Crippen molar-refractivity contribution in [3.63, 3.8) is 0 Å². The van der Waals surface area contributed by atoms with E-state index in [2.05, 4.69) is 21.2 Å². The molecule has 0 unspecified atom stereocenters. The lowest BCUT2D eigenvalue weighted by atomic mass is 9.73. The number of nitrogens with zero attached hydrogens (tertiary/aromatic N) is 2. The van der Waals surface area contributed by atoms with Crippen LogP contribution >= 0.6 is 15.9 Å². The van der Waals surface area contributed by atoms with E-state index in [1.165, 1.54) is 4.90 Å². The molecule has 2 saturated heterocycles. The lowest BCUT2D eigenvalue weighted by Crippen LogP contribution is -2.61. The first kappa shape index (κ1) is 32.9. The Balaban J connectivity index is 1.46. The minimum Gasteiger partial charge on any atom is -0.463 e. The number of amides is 3. The maximum atomic E-state index is 15.0. The Labute approximate surface area is 278 Å².